The Morgan fingerprint density at radius 1 is 0.917 bits per heavy atom. The Kier molecular flexibility index (Phi) is 4.84. The molecule has 0 fully saturated rings. The molecule has 0 heterocycles. The molecule has 24 heavy (non-hydrogen) atoms. The number of benzene rings is 2. The second kappa shape index (κ2) is 7.06. The summed E-state index contributed by atoms with van der Waals surface area (Å²) < 4.78 is 3.50. The first-order valence-electron chi connectivity index (χ1n) is 8.63. The van der Waals surface area contributed by atoms with Crippen LogP contribution in [0, 0.1) is 5.92 Å². The van der Waals surface area contributed by atoms with Gasteiger partial charge in [-0.15, -0.1) is 0 Å². The molecule has 2 unspecified atom stereocenters. The molecule has 0 spiro atoms. The maximum atomic E-state index is 6.76. The van der Waals surface area contributed by atoms with Crippen molar-refractivity contribution in [1.29, 1.82) is 0 Å². The molecule has 0 saturated carbocycles. The van der Waals surface area contributed by atoms with Gasteiger partial charge >= 0.3 is 156 Å². The van der Waals surface area contributed by atoms with E-state index in [1.807, 2.05) is 0 Å². The summed E-state index contributed by atoms with van der Waals surface area (Å²) >= 11 is -1.89. The van der Waals surface area contributed by atoms with E-state index in [9.17, 15) is 0 Å². The fourth-order valence-corrected chi connectivity index (χ4v) is 8.11. The van der Waals surface area contributed by atoms with E-state index in [0.717, 1.165) is 0 Å². The SMILES string of the molecule is C[CH]=[Zr]([Cl])[CH2]C(C1C=Cc2ccccc21)C1C=Cc2ccccc21. The molecule has 0 saturated heterocycles. The van der Waals surface area contributed by atoms with E-state index in [1.165, 1.54) is 26.4 Å². The van der Waals surface area contributed by atoms with Crippen LogP contribution in [0.25, 0.3) is 12.2 Å². The van der Waals surface area contributed by atoms with Gasteiger partial charge in [-0.1, -0.05) is 0 Å². The van der Waals surface area contributed by atoms with E-state index in [0.29, 0.717) is 17.8 Å². The van der Waals surface area contributed by atoms with Crippen LogP contribution in [-0.2, 0) is 20.1 Å². The van der Waals surface area contributed by atoms with Crippen molar-refractivity contribution in [3.05, 3.63) is 82.9 Å². The summed E-state index contributed by atoms with van der Waals surface area (Å²) in [6, 6.07) is 17.7. The quantitative estimate of drug-likeness (QED) is 0.558. The third-order valence-electron chi connectivity index (χ3n) is 5.34. The third kappa shape index (κ3) is 2.98. The topological polar surface area (TPSA) is 0 Å². The number of fused-ring (bicyclic) bond motifs is 2. The first kappa shape index (κ1) is 16.4. The molecule has 2 aromatic carbocycles. The fourth-order valence-electron chi connectivity index (χ4n) is 4.12. The summed E-state index contributed by atoms with van der Waals surface area (Å²) in [5.74, 6) is 1.53. The van der Waals surface area contributed by atoms with Gasteiger partial charge in [0.15, 0.2) is 0 Å². The number of hydrogen-bond acceptors (Lipinski definition) is 0. The Labute approximate surface area is 155 Å². The molecule has 2 aromatic rings. The fraction of sp³-hybridized carbons (Fsp3) is 0.227. The Balaban J connectivity index is 1.75. The van der Waals surface area contributed by atoms with Gasteiger partial charge in [-0.3, -0.25) is 0 Å². The predicted octanol–water partition coefficient (Wildman–Crippen LogP) is 6.24. The molecule has 2 aliphatic rings. The van der Waals surface area contributed by atoms with Crippen molar-refractivity contribution in [1.82, 2.24) is 0 Å². The second-order valence-corrected chi connectivity index (χ2v) is 14.1. The molecule has 120 valence electrons. The van der Waals surface area contributed by atoms with Gasteiger partial charge in [-0.05, 0) is 0 Å². The van der Waals surface area contributed by atoms with Crippen molar-refractivity contribution in [2.45, 2.75) is 22.9 Å². The monoisotopic (exact) mass is 410 g/mol. The van der Waals surface area contributed by atoms with Gasteiger partial charge in [-0.2, -0.15) is 0 Å². The van der Waals surface area contributed by atoms with Crippen LogP contribution >= 0.6 is 8.51 Å². The van der Waals surface area contributed by atoms with E-state index < -0.39 is 20.1 Å². The van der Waals surface area contributed by atoms with Crippen LogP contribution in [0.5, 0.6) is 0 Å². The van der Waals surface area contributed by atoms with Crippen molar-refractivity contribution in [3.8, 4) is 0 Å². The number of allylic oxidation sites excluding steroid dienone is 2. The van der Waals surface area contributed by atoms with Crippen molar-refractivity contribution >= 4 is 24.4 Å². The van der Waals surface area contributed by atoms with Crippen LogP contribution in [0.3, 0.4) is 0 Å². The predicted molar refractivity (Wildman–Crippen MR) is 102 cm³/mol. The summed E-state index contributed by atoms with van der Waals surface area (Å²) in [6.45, 7) is 2.15. The van der Waals surface area contributed by atoms with Crippen molar-refractivity contribution in [2.24, 2.45) is 5.92 Å². The summed E-state index contributed by atoms with van der Waals surface area (Å²) in [5, 5.41) is 0. The van der Waals surface area contributed by atoms with Gasteiger partial charge in [-0.25, -0.2) is 0 Å². The molecular weight excluding hydrogens is 391 g/mol. The molecule has 0 nitrogen and oxygen atoms in total. The minimum atomic E-state index is -1.89. The molecule has 0 N–H and O–H groups in total. The summed E-state index contributed by atoms with van der Waals surface area (Å²) in [5.41, 5.74) is 5.71. The number of hydrogen-bond donors (Lipinski definition) is 0. The molecule has 2 aliphatic carbocycles. The molecule has 4 rings (SSSR count). The van der Waals surface area contributed by atoms with Crippen molar-refractivity contribution in [2.75, 3.05) is 0 Å². The molecule has 0 bridgehead atoms. The van der Waals surface area contributed by atoms with Gasteiger partial charge in [0.25, 0.3) is 0 Å². The van der Waals surface area contributed by atoms with E-state index in [2.05, 4.69) is 83.5 Å². The van der Waals surface area contributed by atoms with Crippen LogP contribution in [0.1, 0.15) is 41.0 Å². The van der Waals surface area contributed by atoms with Gasteiger partial charge in [0.2, 0.25) is 0 Å². The van der Waals surface area contributed by atoms with Gasteiger partial charge < -0.3 is 0 Å². The molecule has 0 aromatic heterocycles. The Hall–Kier alpha value is -1.04. The zero-order chi connectivity index (χ0) is 16.5. The van der Waals surface area contributed by atoms with E-state index in [1.54, 1.807) is 0 Å². The molecule has 2 heteroatoms. The Morgan fingerprint density at radius 3 is 1.92 bits per heavy atom. The molecule has 0 radical (unpaired) electrons. The Morgan fingerprint density at radius 2 is 1.42 bits per heavy atom. The first-order chi connectivity index (χ1) is 11.8. The van der Waals surface area contributed by atoms with Gasteiger partial charge in [0, 0.05) is 0 Å². The summed E-state index contributed by atoms with van der Waals surface area (Å²) in [6.07, 6.45) is 9.41. The van der Waals surface area contributed by atoms with Crippen molar-refractivity contribution < 1.29 is 20.1 Å². The standard InChI is InChI=1S/C20H17.C2H4.ClH.Zr/c1-14(17-12-10-15-6-2-4-8-19(15)17)18-13-11-16-7-3-5-9-20(16)18;1-2;;/h2-14,17-18H,1H2;1H,2H3;1H;/q;;;+1/p-1. The first-order valence-corrected chi connectivity index (χ1v) is 14.9. The third-order valence-corrected chi connectivity index (χ3v) is 11.2. The van der Waals surface area contributed by atoms with Gasteiger partial charge in [0.1, 0.15) is 0 Å². The van der Waals surface area contributed by atoms with Crippen LogP contribution in [0.2, 0.25) is 4.13 Å². The molecule has 0 amide bonds. The number of halogens is 1. The van der Waals surface area contributed by atoms with Crippen LogP contribution in [-0.4, -0.2) is 3.71 Å². The van der Waals surface area contributed by atoms with E-state index >= 15 is 0 Å². The zero-order valence-electron chi connectivity index (χ0n) is 13.8. The summed E-state index contributed by atoms with van der Waals surface area (Å²) in [4.78, 5) is 0. The maximum absolute atomic E-state index is 6.76. The van der Waals surface area contributed by atoms with Gasteiger partial charge in [0.05, 0.1) is 0 Å². The van der Waals surface area contributed by atoms with Crippen LogP contribution in [0.4, 0.5) is 0 Å². The minimum absolute atomic E-state index is 0.483. The second-order valence-electron chi connectivity index (χ2n) is 6.63. The normalized spacial score (nSPS) is 22.5. The molecular formula is C22H21ClZr. The average molecular weight is 412 g/mol. The molecule has 0 aliphatic heterocycles. The average Bonchev–Trinajstić information content (AvgIpc) is 3.24. The van der Waals surface area contributed by atoms with E-state index in [4.69, 9.17) is 8.51 Å². The van der Waals surface area contributed by atoms with E-state index in [-0.39, 0.29) is 0 Å². The zero-order valence-corrected chi connectivity index (χ0v) is 17.0. The number of rotatable bonds is 4. The van der Waals surface area contributed by atoms with Crippen LogP contribution < -0.4 is 0 Å². The molecule has 2 atom stereocenters. The van der Waals surface area contributed by atoms with Crippen molar-refractivity contribution in [3.63, 3.8) is 0 Å². The Bertz CT molecular complexity index is 785. The van der Waals surface area contributed by atoms with Crippen LogP contribution in [0.15, 0.2) is 60.7 Å². The summed E-state index contributed by atoms with van der Waals surface area (Å²) in [7, 11) is 6.76.